The highest BCUT2D eigenvalue weighted by Crippen LogP contribution is 2.43. The first kappa shape index (κ1) is 18.1. The van der Waals surface area contributed by atoms with Crippen LogP contribution in [0.3, 0.4) is 0 Å². The molecule has 0 saturated carbocycles. The van der Waals surface area contributed by atoms with Gasteiger partial charge in [0.05, 0.1) is 12.7 Å². The standard InChI is InChI=1S/C21H26O4/c1-15(19-18(14-22)24-20(2,3)25-19)21(23,16-10-6-4-7-11-16)17-12-8-5-9-13-17/h4-13,15,18-19,22-23H,14H2,1-3H3/t15-,18+,19-/m1/s1. The van der Waals surface area contributed by atoms with E-state index < -0.39 is 23.6 Å². The van der Waals surface area contributed by atoms with Crippen LogP contribution < -0.4 is 0 Å². The highest BCUT2D eigenvalue weighted by Gasteiger charge is 2.51. The van der Waals surface area contributed by atoms with Crippen molar-refractivity contribution in [3.05, 3.63) is 71.8 Å². The minimum atomic E-state index is -1.26. The fourth-order valence-corrected chi connectivity index (χ4v) is 3.74. The Bertz CT molecular complexity index is 644. The molecule has 25 heavy (non-hydrogen) atoms. The van der Waals surface area contributed by atoms with Crippen molar-refractivity contribution in [2.24, 2.45) is 5.92 Å². The summed E-state index contributed by atoms with van der Waals surface area (Å²) in [6.45, 7) is 5.44. The minimum absolute atomic E-state index is 0.155. The van der Waals surface area contributed by atoms with E-state index in [0.717, 1.165) is 11.1 Å². The molecule has 2 aromatic carbocycles. The van der Waals surface area contributed by atoms with Crippen molar-refractivity contribution in [1.82, 2.24) is 0 Å². The molecule has 1 saturated heterocycles. The highest BCUT2D eigenvalue weighted by molar-refractivity contribution is 5.37. The van der Waals surface area contributed by atoms with E-state index in [1.165, 1.54) is 0 Å². The summed E-state index contributed by atoms with van der Waals surface area (Å²) in [4.78, 5) is 0. The van der Waals surface area contributed by atoms with Crippen molar-refractivity contribution in [3.8, 4) is 0 Å². The van der Waals surface area contributed by atoms with Crippen molar-refractivity contribution in [3.63, 3.8) is 0 Å². The molecule has 0 radical (unpaired) electrons. The van der Waals surface area contributed by atoms with Crippen molar-refractivity contribution >= 4 is 0 Å². The molecule has 3 rings (SSSR count). The SMILES string of the molecule is C[C@H]([C@H]1OC(C)(C)O[C@H]1CO)C(O)(c1ccccc1)c1ccccc1. The zero-order valence-corrected chi connectivity index (χ0v) is 14.9. The summed E-state index contributed by atoms with van der Waals surface area (Å²) in [7, 11) is 0. The van der Waals surface area contributed by atoms with Crippen LogP contribution >= 0.6 is 0 Å². The van der Waals surface area contributed by atoms with Crippen LogP contribution in [0.5, 0.6) is 0 Å². The van der Waals surface area contributed by atoms with Gasteiger partial charge in [-0.3, -0.25) is 0 Å². The average molecular weight is 342 g/mol. The summed E-state index contributed by atoms with van der Waals surface area (Å²) >= 11 is 0. The van der Waals surface area contributed by atoms with Crippen LogP contribution in [0.15, 0.2) is 60.7 Å². The molecule has 0 aromatic heterocycles. The first-order chi connectivity index (χ1) is 11.9. The topological polar surface area (TPSA) is 58.9 Å². The maximum atomic E-state index is 11.8. The Morgan fingerprint density at radius 1 is 0.960 bits per heavy atom. The van der Waals surface area contributed by atoms with Crippen LogP contribution in [0.4, 0.5) is 0 Å². The molecule has 1 aliphatic rings. The van der Waals surface area contributed by atoms with Gasteiger partial charge in [-0.1, -0.05) is 67.6 Å². The molecule has 0 spiro atoms. The van der Waals surface area contributed by atoms with E-state index in [0.29, 0.717) is 0 Å². The van der Waals surface area contributed by atoms with E-state index >= 15 is 0 Å². The highest BCUT2D eigenvalue weighted by atomic mass is 16.8. The molecule has 1 fully saturated rings. The molecule has 0 aliphatic carbocycles. The summed E-state index contributed by atoms with van der Waals surface area (Å²) in [6, 6.07) is 19.2. The summed E-state index contributed by atoms with van der Waals surface area (Å²) < 4.78 is 11.9. The third kappa shape index (κ3) is 3.35. The number of hydrogen-bond donors (Lipinski definition) is 2. The Morgan fingerprint density at radius 3 is 1.88 bits per heavy atom. The molecular formula is C21H26O4. The third-order valence-corrected chi connectivity index (χ3v) is 4.98. The largest absolute Gasteiger partial charge is 0.394 e. The Hall–Kier alpha value is -1.72. The lowest BCUT2D eigenvalue weighted by atomic mass is 9.73. The zero-order valence-electron chi connectivity index (χ0n) is 14.9. The Labute approximate surface area is 149 Å². The molecule has 4 nitrogen and oxygen atoms in total. The number of benzene rings is 2. The molecule has 1 aliphatic heterocycles. The van der Waals surface area contributed by atoms with E-state index in [4.69, 9.17) is 9.47 Å². The lowest BCUT2D eigenvalue weighted by molar-refractivity contribution is -0.159. The third-order valence-electron chi connectivity index (χ3n) is 4.98. The van der Waals surface area contributed by atoms with Crippen LogP contribution in [0, 0.1) is 5.92 Å². The zero-order chi connectivity index (χ0) is 18.1. The van der Waals surface area contributed by atoms with Crippen molar-refractivity contribution in [2.45, 2.75) is 44.4 Å². The van der Waals surface area contributed by atoms with Gasteiger partial charge in [0.2, 0.25) is 0 Å². The van der Waals surface area contributed by atoms with Gasteiger partial charge in [0.15, 0.2) is 5.79 Å². The molecular weight excluding hydrogens is 316 g/mol. The van der Waals surface area contributed by atoms with Crippen molar-refractivity contribution in [1.29, 1.82) is 0 Å². The summed E-state index contributed by atoms with van der Waals surface area (Å²) in [5.41, 5.74) is 0.321. The second-order valence-electron chi connectivity index (χ2n) is 7.11. The second-order valence-corrected chi connectivity index (χ2v) is 7.11. The molecule has 3 atom stereocenters. The summed E-state index contributed by atoms with van der Waals surface area (Å²) in [5, 5.41) is 21.6. The number of hydrogen-bond acceptors (Lipinski definition) is 4. The van der Waals surface area contributed by atoms with Crippen LogP contribution in [0.1, 0.15) is 31.9 Å². The molecule has 1 heterocycles. The molecule has 2 aromatic rings. The van der Waals surface area contributed by atoms with E-state index in [1.807, 2.05) is 81.4 Å². The van der Waals surface area contributed by atoms with Gasteiger partial charge in [0.25, 0.3) is 0 Å². The molecule has 0 amide bonds. The number of aliphatic hydroxyl groups is 2. The molecule has 0 unspecified atom stereocenters. The van der Waals surface area contributed by atoms with E-state index in [1.54, 1.807) is 0 Å². The number of ether oxygens (including phenoxy) is 2. The van der Waals surface area contributed by atoms with Gasteiger partial charge in [-0.25, -0.2) is 0 Å². The molecule has 0 bridgehead atoms. The van der Waals surface area contributed by atoms with Gasteiger partial charge in [0.1, 0.15) is 11.7 Å². The monoisotopic (exact) mass is 342 g/mol. The molecule has 134 valence electrons. The van der Waals surface area contributed by atoms with Crippen molar-refractivity contribution in [2.75, 3.05) is 6.61 Å². The van der Waals surface area contributed by atoms with Gasteiger partial charge in [-0.05, 0) is 25.0 Å². The first-order valence-corrected chi connectivity index (χ1v) is 8.68. The Kier molecular flexibility index (Phi) is 4.98. The van der Waals surface area contributed by atoms with Crippen LogP contribution in [-0.4, -0.2) is 34.8 Å². The average Bonchev–Trinajstić information content (AvgIpc) is 2.96. The Morgan fingerprint density at radius 2 is 1.44 bits per heavy atom. The van der Waals surface area contributed by atoms with Crippen molar-refractivity contribution < 1.29 is 19.7 Å². The quantitative estimate of drug-likeness (QED) is 0.877. The molecule has 2 N–H and O–H groups in total. The lowest BCUT2D eigenvalue weighted by Crippen LogP contribution is -2.46. The summed E-state index contributed by atoms with van der Waals surface area (Å²) in [6.07, 6.45) is -0.922. The maximum Gasteiger partial charge on any atom is 0.163 e. The van der Waals surface area contributed by atoms with E-state index in [-0.39, 0.29) is 12.5 Å². The fourth-order valence-electron chi connectivity index (χ4n) is 3.74. The van der Waals surface area contributed by atoms with Crippen LogP contribution in [0.25, 0.3) is 0 Å². The van der Waals surface area contributed by atoms with Gasteiger partial charge in [-0.15, -0.1) is 0 Å². The predicted molar refractivity (Wildman–Crippen MR) is 96.0 cm³/mol. The Balaban J connectivity index is 2.06. The smallest absolute Gasteiger partial charge is 0.163 e. The maximum absolute atomic E-state index is 11.8. The van der Waals surface area contributed by atoms with Gasteiger partial charge in [0, 0.05) is 5.92 Å². The number of aliphatic hydroxyl groups excluding tert-OH is 1. The summed E-state index contributed by atoms with van der Waals surface area (Å²) in [5.74, 6) is -1.13. The normalized spacial score (nSPS) is 24.2. The lowest BCUT2D eigenvalue weighted by Gasteiger charge is -2.39. The fraction of sp³-hybridized carbons (Fsp3) is 0.429. The van der Waals surface area contributed by atoms with Crippen LogP contribution in [-0.2, 0) is 15.1 Å². The van der Waals surface area contributed by atoms with Gasteiger partial charge >= 0.3 is 0 Å². The second kappa shape index (κ2) is 6.89. The van der Waals surface area contributed by atoms with E-state index in [9.17, 15) is 10.2 Å². The van der Waals surface area contributed by atoms with Gasteiger partial charge in [-0.2, -0.15) is 0 Å². The van der Waals surface area contributed by atoms with Crippen LogP contribution in [0.2, 0.25) is 0 Å². The predicted octanol–water partition coefficient (Wildman–Crippen LogP) is 3.07. The van der Waals surface area contributed by atoms with Gasteiger partial charge < -0.3 is 19.7 Å². The minimum Gasteiger partial charge on any atom is -0.394 e. The first-order valence-electron chi connectivity index (χ1n) is 8.68. The van der Waals surface area contributed by atoms with E-state index in [2.05, 4.69) is 0 Å². The number of rotatable bonds is 5. The molecule has 4 heteroatoms.